The van der Waals surface area contributed by atoms with E-state index in [1.54, 1.807) is 0 Å². The van der Waals surface area contributed by atoms with Crippen molar-refractivity contribution >= 4 is 11.6 Å². The van der Waals surface area contributed by atoms with Crippen molar-refractivity contribution in [2.45, 2.75) is 39.2 Å². The predicted molar refractivity (Wildman–Crippen MR) is 79.5 cm³/mol. The summed E-state index contributed by atoms with van der Waals surface area (Å²) in [6.07, 6.45) is 3.29. The smallest absolute Gasteiger partial charge is 0.244 e. The van der Waals surface area contributed by atoms with E-state index in [0.29, 0.717) is 0 Å². The van der Waals surface area contributed by atoms with E-state index in [9.17, 15) is 4.79 Å². The topological polar surface area (TPSA) is 23.6 Å². The van der Waals surface area contributed by atoms with Crippen LogP contribution in [0.4, 0.5) is 5.69 Å². The standard InChI is InChI=1S/C16H24N2O/c1-4-5-11-17(3)13(2)16(19)18-12-10-14-8-6-7-9-15(14)18/h6-9,13H,4-5,10-12H2,1-3H3. The Kier molecular flexibility index (Phi) is 4.59. The third-order valence-electron chi connectivity index (χ3n) is 4.04. The quantitative estimate of drug-likeness (QED) is 0.812. The molecule has 0 saturated carbocycles. The van der Waals surface area contributed by atoms with Gasteiger partial charge < -0.3 is 4.90 Å². The Bertz CT molecular complexity index is 444. The van der Waals surface area contributed by atoms with Crippen molar-refractivity contribution in [1.82, 2.24) is 4.90 Å². The Labute approximate surface area is 116 Å². The second-order valence-corrected chi connectivity index (χ2v) is 5.38. The molecular weight excluding hydrogens is 236 g/mol. The highest BCUT2D eigenvalue weighted by molar-refractivity contribution is 5.98. The van der Waals surface area contributed by atoms with Crippen molar-refractivity contribution in [3.63, 3.8) is 0 Å². The summed E-state index contributed by atoms with van der Waals surface area (Å²) in [4.78, 5) is 16.7. The highest BCUT2D eigenvalue weighted by Crippen LogP contribution is 2.28. The SMILES string of the molecule is CCCCN(C)C(C)C(=O)N1CCc2ccccc21. The fourth-order valence-electron chi connectivity index (χ4n) is 2.58. The van der Waals surface area contributed by atoms with Crippen LogP contribution in [0.1, 0.15) is 32.3 Å². The van der Waals surface area contributed by atoms with Gasteiger partial charge in [0.1, 0.15) is 0 Å². The molecule has 19 heavy (non-hydrogen) atoms. The van der Waals surface area contributed by atoms with Crippen molar-refractivity contribution in [3.05, 3.63) is 29.8 Å². The van der Waals surface area contributed by atoms with Crippen LogP contribution >= 0.6 is 0 Å². The van der Waals surface area contributed by atoms with E-state index in [2.05, 4.69) is 24.0 Å². The number of likely N-dealkylation sites (N-methyl/N-ethyl adjacent to an activating group) is 1. The average molecular weight is 260 g/mol. The van der Waals surface area contributed by atoms with Crippen LogP contribution in [0.25, 0.3) is 0 Å². The Morgan fingerprint density at radius 3 is 2.89 bits per heavy atom. The predicted octanol–water partition coefficient (Wildman–Crippen LogP) is 2.70. The molecule has 1 atom stereocenters. The summed E-state index contributed by atoms with van der Waals surface area (Å²) in [5.74, 6) is 0.226. The third kappa shape index (κ3) is 2.98. The maximum absolute atomic E-state index is 12.6. The normalized spacial score (nSPS) is 15.7. The van der Waals surface area contributed by atoms with Crippen LogP contribution in [0.5, 0.6) is 0 Å². The van der Waals surface area contributed by atoms with Gasteiger partial charge in [0, 0.05) is 12.2 Å². The molecular formula is C16H24N2O. The second kappa shape index (κ2) is 6.20. The zero-order valence-corrected chi connectivity index (χ0v) is 12.2. The molecule has 104 valence electrons. The average Bonchev–Trinajstić information content (AvgIpc) is 2.87. The van der Waals surface area contributed by atoms with Crippen LogP contribution in [0.2, 0.25) is 0 Å². The summed E-state index contributed by atoms with van der Waals surface area (Å²) in [6, 6.07) is 8.18. The van der Waals surface area contributed by atoms with Crippen LogP contribution in [0.3, 0.4) is 0 Å². The van der Waals surface area contributed by atoms with Gasteiger partial charge in [0.25, 0.3) is 0 Å². The molecule has 0 aromatic heterocycles. The highest BCUT2D eigenvalue weighted by Gasteiger charge is 2.29. The number of amides is 1. The Balaban J connectivity index is 2.05. The van der Waals surface area contributed by atoms with E-state index >= 15 is 0 Å². The zero-order valence-electron chi connectivity index (χ0n) is 12.2. The fraction of sp³-hybridized carbons (Fsp3) is 0.562. The third-order valence-corrected chi connectivity index (χ3v) is 4.04. The summed E-state index contributed by atoms with van der Waals surface area (Å²) < 4.78 is 0. The van der Waals surface area contributed by atoms with Crippen LogP contribution in [0.15, 0.2) is 24.3 Å². The molecule has 1 aromatic rings. The van der Waals surface area contributed by atoms with Gasteiger partial charge in [-0.15, -0.1) is 0 Å². The molecule has 0 saturated heterocycles. The Hall–Kier alpha value is -1.35. The van der Waals surface area contributed by atoms with E-state index in [4.69, 9.17) is 0 Å². The molecule has 1 amide bonds. The van der Waals surface area contributed by atoms with E-state index < -0.39 is 0 Å². The van der Waals surface area contributed by atoms with Gasteiger partial charge in [0.2, 0.25) is 5.91 Å². The van der Waals surface area contributed by atoms with Crippen LogP contribution in [-0.4, -0.2) is 37.0 Å². The molecule has 1 aliphatic heterocycles. The maximum atomic E-state index is 12.6. The monoisotopic (exact) mass is 260 g/mol. The lowest BCUT2D eigenvalue weighted by Crippen LogP contribution is -2.45. The summed E-state index contributed by atoms with van der Waals surface area (Å²) in [5.41, 5.74) is 2.39. The minimum atomic E-state index is -0.0438. The summed E-state index contributed by atoms with van der Waals surface area (Å²) in [7, 11) is 2.04. The van der Waals surface area contributed by atoms with Gasteiger partial charge in [-0.2, -0.15) is 0 Å². The first-order valence-electron chi connectivity index (χ1n) is 7.24. The molecule has 1 aromatic carbocycles. The summed E-state index contributed by atoms with van der Waals surface area (Å²) in [6.45, 7) is 6.00. The molecule has 1 aliphatic rings. The number of benzene rings is 1. The van der Waals surface area contributed by atoms with Crippen molar-refractivity contribution in [2.75, 3.05) is 25.0 Å². The zero-order chi connectivity index (χ0) is 13.8. The van der Waals surface area contributed by atoms with Crippen LogP contribution < -0.4 is 4.90 Å². The number of carbonyl (C=O) groups excluding carboxylic acids is 1. The molecule has 0 fully saturated rings. The lowest BCUT2D eigenvalue weighted by Gasteiger charge is -2.28. The highest BCUT2D eigenvalue weighted by atomic mass is 16.2. The Morgan fingerprint density at radius 1 is 1.42 bits per heavy atom. The van der Waals surface area contributed by atoms with Gasteiger partial charge in [-0.1, -0.05) is 31.5 Å². The van der Waals surface area contributed by atoms with Gasteiger partial charge in [-0.3, -0.25) is 9.69 Å². The molecule has 2 rings (SSSR count). The number of hydrogen-bond acceptors (Lipinski definition) is 2. The molecule has 0 spiro atoms. The number of carbonyl (C=O) groups is 1. The number of para-hydroxylation sites is 1. The van der Waals surface area contributed by atoms with Gasteiger partial charge in [0.05, 0.1) is 6.04 Å². The number of anilines is 1. The van der Waals surface area contributed by atoms with E-state index in [1.807, 2.05) is 31.0 Å². The first kappa shape index (κ1) is 14.1. The minimum absolute atomic E-state index is 0.0438. The molecule has 0 radical (unpaired) electrons. The molecule has 3 heteroatoms. The van der Waals surface area contributed by atoms with Crippen molar-refractivity contribution in [3.8, 4) is 0 Å². The van der Waals surface area contributed by atoms with E-state index in [0.717, 1.165) is 38.0 Å². The lowest BCUT2D eigenvalue weighted by atomic mass is 10.2. The van der Waals surface area contributed by atoms with Crippen LogP contribution in [0, 0.1) is 0 Å². The minimum Gasteiger partial charge on any atom is -0.310 e. The number of hydrogen-bond donors (Lipinski definition) is 0. The molecule has 3 nitrogen and oxygen atoms in total. The van der Waals surface area contributed by atoms with Gasteiger partial charge >= 0.3 is 0 Å². The first-order valence-corrected chi connectivity index (χ1v) is 7.24. The first-order chi connectivity index (χ1) is 9.15. The van der Waals surface area contributed by atoms with E-state index in [1.165, 1.54) is 5.56 Å². The molecule has 0 aliphatic carbocycles. The van der Waals surface area contributed by atoms with Gasteiger partial charge in [0.15, 0.2) is 0 Å². The number of rotatable bonds is 5. The van der Waals surface area contributed by atoms with Crippen molar-refractivity contribution in [2.24, 2.45) is 0 Å². The maximum Gasteiger partial charge on any atom is 0.244 e. The summed E-state index contributed by atoms with van der Waals surface area (Å²) >= 11 is 0. The Morgan fingerprint density at radius 2 is 2.16 bits per heavy atom. The molecule has 0 bridgehead atoms. The van der Waals surface area contributed by atoms with Crippen molar-refractivity contribution < 1.29 is 4.79 Å². The second-order valence-electron chi connectivity index (χ2n) is 5.38. The van der Waals surface area contributed by atoms with Gasteiger partial charge in [-0.05, 0) is 45.0 Å². The summed E-state index contributed by atoms with van der Waals surface area (Å²) in [5, 5.41) is 0. The molecule has 1 unspecified atom stereocenters. The lowest BCUT2D eigenvalue weighted by molar-refractivity contribution is -0.122. The molecule has 1 heterocycles. The molecule has 0 N–H and O–H groups in total. The van der Waals surface area contributed by atoms with E-state index in [-0.39, 0.29) is 11.9 Å². The fourth-order valence-corrected chi connectivity index (χ4v) is 2.58. The number of fused-ring (bicyclic) bond motifs is 1. The number of nitrogens with zero attached hydrogens (tertiary/aromatic N) is 2. The number of unbranched alkanes of at least 4 members (excludes halogenated alkanes) is 1. The van der Waals surface area contributed by atoms with Gasteiger partial charge in [-0.25, -0.2) is 0 Å². The van der Waals surface area contributed by atoms with Crippen molar-refractivity contribution in [1.29, 1.82) is 0 Å². The largest absolute Gasteiger partial charge is 0.310 e. The van der Waals surface area contributed by atoms with Crippen LogP contribution in [-0.2, 0) is 11.2 Å².